The number of nitrogens with one attached hydrogen (secondary N) is 1. The van der Waals surface area contributed by atoms with Gasteiger partial charge in [0.2, 0.25) is 0 Å². The van der Waals surface area contributed by atoms with E-state index < -0.39 is 0 Å². The highest BCUT2D eigenvalue weighted by molar-refractivity contribution is 7.21. The summed E-state index contributed by atoms with van der Waals surface area (Å²) >= 11 is 7.28. The van der Waals surface area contributed by atoms with E-state index in [1.165, 1.54) is 11.3 Å². The van der Waals surface area contributed by atoms with Gasteiger partial charge in [0.1, 0.15) is 22.1 Å². The topological polar surface area (TPSA) is 89.6 Å². The molecule has 3 N–H and O–H groups in total. The van der Waals surface area contributed by atoms with E-state index in [2.05, 4.69) is 15.5 Å². The van der Waals surface area contributed by atoms with Gasteiger partial charge in [-0.15, -0.1) is 11.3 Å². The number of amides is 1. The third-order valence-corrected chi connectivity index (χ3v) is 5.67. The second-order valence-electron chi connectivity index (χ2n) is 6.49. The number of hydrogen-bond donors (Lipinski definition) is 2. The molecule has 0 saturated carbocycles. The minimum absolute atomic E-state index is 0.363. The minimum Gasteiger partial charge on any atom is -0.488 e. The first-order valence-electron chi connectivity index (χ1n) is 8.55. The molecule has 0 bridgehead atoms. The van der Waals surface area contributed by atoms with Crippen molar-refractivity contribution in [3.8, 4) is 5.75 Å². The fourth-order valence-electron chi connectivity index (χ4n) is 3.10. The van der Waals surface area contributed by atoms with E-state index in [0.717, 1.165) is 38.4 Å². The fourth-order valence-corrected chi connectivity index (χ4v) is 4.39. The summed E-state index contributed by atoms with van der Waals surface area (Å²) in [4.78, 5) is 18.1. The highest BCUT2D eigenvalue weighted by Crippen LogP contribution is 2.35. The molecular formula is C20H17ClN4O2S. The Morgan fingerprint density at radius 1 is 1.39 bits per heavy atom. The first-order chi connectivity index (χ1) is 13.4. The standard InChI is InChI=1S/C20H17ClN4O2S/c1-10-5-11(2)24-20-16(10)17(22)18(28-20)19(26)25-23-8-12-6-13-7-14(21)3-4-15(13)27-9-12/h3-8H,9,22H2,1-2H3,(H,25,26)/b23-8+. The molecule has 8 heteroatoms. The van der Waals surface area contributed by atoms with Gasteiger partial charge in [0.15, 0.2) is 0 Å². The van der Waals surface area contributed by atoms with E-state index in [9.17, 15) is 4.79 Å². The number of nitrogen functional groups attached to an aromatic ring is 1. The number of benzene rings is 1. The number of halogens is 1. The average molecular weight is 413 g/mol. The number of anilines is 1. The third-order valence-electron chi connectivity index (χ3n) is 4.33. The zero-order chi connectivity index (χ0) is 19.8. The molecular weight excluding hydrogens is 396 g/mol. The van der Waals surface area contributed by atoms with Gasteiger partial charge in [-0.3, -0.25) is 4.79 Å². The van der Waals surface area contributed by atoms with Crippen LogP contribution in [0.2, 0.25) is 5.02 Å². The number of carbonyl (C=O) groups excluding carboxylic acids is 1. The van der Waals surface area contributed by atoms with E-state index in [1.807, 2.05) is 38.1 Å². The van der Waals surface area contributed by atoms with Gasteiger partial charge in [-0.2, -0.15) is 5.10 Å². The van der Waals surface area contributed by atoms with Crippen LogP contribution in [0.4, 0.5) is 5.69 Å². The fraction of sp³-hybridized carbons (Fsp3) is 0.150. The maximum absolute atomic E-state index is 12.5. The Morgan fingerprint density at radius 3 is 3.04 bits per heavy atom. The van der Waals surface area contributed by atoms with Crippen LogP contribution in [0.3, 0.4) is 0 Å². The lowest BCUT2D eigenvalue weighted by Crippen LogP contribution is -2.18. The van der Waals surface area contributed by atoms with Crippen molar-refractivity contribution in [1.29, 1.82) is 0 Å². The summed E-state index contributed by atoms with van der Waals surface area (Å²) in [5, 5.41) is 5.49. The van der Waals surface area contributed by atoms with Crippen LogP contribution in [-0.4, -0.2) is 23.7 Å². The lowest BCUT2D eigenvalue weighted by molar-refractivity contribution is 0.0960. The van der Waals surface area contributed by atoms with Gasteiger partial charge in [0, 0.05) is 27.2 Å². The smallest absolute Gasteiger partial charge is 0.283 e. The van der Waals surface area contributed by atoms with Crippen LogP contribution in [0.15, 0.2) is 34.9 Å². The number of nitrogens with zero attached hydrogens (tertiary/aromatic N) is 2. The van der Waals surface area contributed by atoms with E-state index in [0.29, 0.717) is 22.2 Å². The Morgan fingerprint density at radius 2 is 2.21 bits per heavy atom. The van der Waals surface area contributed by atoms with E-state index in [4.69, 9.17) is 22.1 Å². The number of ether oxygens (including phenoxy) is 1. The van der Waals surface area contributed by atoms with Crippen LogP contribution in [0, 0.1) is 13.8 Å². The molecule has 4 rings (SSSR count). The highest BCUT2D eigenvalue weighted by atomic mass is 35.5. The van der Waals surface area contributed by atoms with Gasteiger partial charge in [-0.05, 0) is 49.8 Å². The van der Waals surface area contributed by atoms with Crippen molar-refractivity contribution in [3.05, 3.63) is 56.6 Å². The summed E-state index contributed by atoms with van der Waals surface area (Å²) in [5.41, 5.74) is 12.7. The lowest BCUT2D eigenvalue weighted by Gasteiger charge is -2.15. The molecule has 28 heavy (non-hydrogen) atoms. The van der Waals surface area contributed by atoms with Gasteiger partial charge >= 0.3 is 0 Å². The number of nitrogens with two attached hydrogens (primary N) is 1. The summed E-state index contributed by atoms with van der Waals surface area (Å²) in [5.74, 6) is 0.399. The Labute approximate surface area is 170 Å². The van der Waals surface area contributed by atoms with Crippen molar-refractivity contribution in [2.24, 2.45) is 5.10 Å². The van der Waals surface area contributed by atoms with Crippen LogP contribution >= 0.6 is 22.9 Å². The molecule has 0 unspecified atom stereocenters. The van der Waals surface area contributed by atoms with Crippen LogP contribution in [-0.2, 0) is 0 Å². The van der Waals surface area contributed by atoms with E-state index >= 15 is 0 Å². The molecule has 0 radical (unpaired) electrons. The zero-order valence-corrected chi connectivity index (χ0v) is 16.8. The molecule has 0 saturated heterocycles. The molecule has 3 heterocycles. The molecule has 6 nitrogen and oxygen atoms in total. The number of fused-ring (bicyclic) bond motifs is 2. The molecule has 1 aromatic carbocycles. The molecule has 0 fully saturated rings. The number of thiophene rings is 1. The van der Waals surface area contributed by atoms with Crippen LogP contribution in [0.25, 0.3) is 16.3 Å². The maximum atomic E-state index is 12.5. The number of rotatable bonds is 3. The Kier molecular flexibility index (Phi) is 4.78. The van der Waals surface area contributed by atoms with Gasteiger partial charge in [-0.1, -0.05) is 11.6 Å². The van der Waals surface area contributed by atoms with Gasteiger partial charge in [0.25, 0.3) is 5.91 Å². The predicted octanol–water partition coefficient (Wildman–Crippen LogP) is 4.34. The van der Waals surface area contributed by atoms with Gasteiger partial charge in [-0.25, -0.2) is 10.4 Å². The number of aromatic nitrogens is 1. The number of hydrazone groups is 1. The highest BCUT2D eigenvalue weighted by Gasteiger charge is 2.18. The Bertz CT molecular complexity index is 1170. The molecule has 142 valence electrons. The molecule has 1 amide bonds. The number of hydrogen-bond acceptors (Lipinski definition) is 6. The van der Waals surface area contributed by atoms with Crippen molar-refractivity contribution in [1.82, 2.24) is 10.4 Å². The van der Waals surface area contributed by atoms with E-state index in [1.54, 1.807) is 12.3 Å². The maximum Gasteiger partial charge on any atom is 0.283 e. The minimum atomic E-state index is -0.366. The number of carbonyl (C=O) groups is 1. The normalized spacial score (nSPS) is 13.3. The van der Waals surface area contributed by atoms with Crippen LogP contribution in [0.1, 0.15) is 26.5 Å². The average Bonchev–Trinajstić information content (AvgIpc) is 2.98. The molecule has 2 aromatic heterocycles. The molecule has 1 aliphatic heterocycles. The molecule has 0 spiro atoms. The van der Waals surface area contributed by atoms with Crippen LogP contribution in [0.5, 0.6) is 5.75 Å². The van der Waals surface area contributed by atoms with Crippen molar-refractivity contribution >= 4 is 57.0 Å². The summed E-state index contributed by atoms with van der Waals surface area (Å²) in [6.07, 6.45) is 3.48. The number of aryl methyl sites for hydroxylation is 2. The largest absolute Gasteiger partial charge is 0.488 e. The monoisotopic (exact) mass is 412 g/mol. The quantitative estimate of drug-likeness (QED) is 0.494. The second kappa shape index (κ2) is 7.26. The van der Waals surface area contributed by atoms with Gasteiger partial charge in [0.05, 0.1) is 11.9 Å². The third kappa shape index (κ3) is 3.46. The zero-order valence-electron chi connectivity index (χ0n) is 15.2. The number of pyridine rings is 1. The molecule has 3 aromatic rings. The first-order valence-corrected chi connectivity index (χ1v) is 9.74. The second-order valence-corrected chi connectivity index (χ2v) is 7.93. The summed E-state index contributed by atoms with van der Waals surface area (Å²) in [7, 11) is 0. The summed E-state index contributed by atoms with van der Waals surface area (Å²) in [6, 6.07) is 7.37. The SMILES string of the molecule is Cc1cc(C)c2c(N)c(C(=O)N/N=C/C3=Cc4cc(Cl)ccc4OC3)sc2n1. The van der Waals surface area contributed by atoms with Crippen molar-refractivity contribution in [2.75, 3.05) is 12.3 Å². The molecule has 0 aliphatic carbocycles. The van der Waals surface area contributed by atoms with Crippen molar-refractivity contribution in [3.63, 3.8) is 0 Å². The van der Waals surface area contributed by atoms with Crippen molar-refractivity contribution < 1.29 is 9.53 Å². The predicted molar refractivity (Wildman–Crippen MR) is 114 cm³/mol. The van der Waals surface area contributed by atoms with Crippen LogP contribution < -0.4 is 15.9 Å². The Hall–Kier alpha value is -2.90. The lowest BCUT2D eigenvalue weighted by atomic mass is 10.1. The Balaban J connectivity index is 1.53. The van der Waals surface area contributed by atoms with Crippen molar-refractivity contribution in [2.45, 2.75) is 13.8 Å². The first kappa shape index (κ1) is 18.5. The summed E-state index contributed by atoms with van der Waals surface area (Å²) in [6.45, 7) is 4.23. The molecule has 0 atom stereocenters. The van der Waals surface area contributed by atoms with E-state index in [-0.39, 0.29) is 5.91 Å². The molecule has 1 aliphatic rings. The van der Waals surface area contributed by atoms with Gasteiger partial charge < -0.3 is 10.5 Å². The summed E-state index contributed by atoms with van der Waals surface area (Å²) < 4.78 is 5.66.